The third-order valence-electron chi connectivity index (χ3n) is 4.52. The van der Waals surface area contributed by atoms with Crippen molar-refractivity contribution in [1.82, 2.24) is 0 Å². The zero-order chi connectivity index (χ0) is 30.0. The predicted molar refractivity (Wildman–Crippen MR) is 130 cm³/mol. The zero-order valence-corrected chi connectivity index (χ0v) is 22.8. The molecule has 0 aromatic heterocycles. The molecule has 0 atom stereocenters. The van der Waals surface area contributed by atoms with Gasteiger partial charge < -0.3 is 76.6 Å². The number of carbonyl (C=O) groups excluding carboxylic acids is 6. The van der Waals surface area contributed by atoms with Crippen molar-refractivity contribution in [3.05, 3.63) is 88.0 Å². The van der Waals surface area contributed by atoms with Crippen LogP contribution in [0.2, 0.25) is 0 Å². The second kappa shape index (κ2) is 16.8. The van der Waals surface area contributed by atoms with E-state index in [1.165, 1.54) is 0 Å². The topological polar surface area (TPSA) is 319 Å². The molecule has 41 heavy (non-hydrogen) atoms. The molecule has 0 saturated carbocycles. The van der Waals surface area contributed by atoms with Gasteiger partial charge in [0.1, 0.15) is 0 Å². The first-order valence-electron chi connectivity index (χ1n) is 10.0. The number of benzene rings is 3. The quantitative estimate of drug-likeness (QED) is 0.177. The molecule has 0 bridgehead atoms. The molecule has 0 amide bonds. The van der Waals surface area contributed by atoms with Gasteiger partial charge >= 0.3 is 34.7 Å². The second-order valence-electron chi connectivity index (χ2n) is 7.13. The van der Waals surface area contributed by atoms with E-state index in [1.807, 2.05) is 0 Å². The molecule has 15 nitrogen and oxygen atoms in total. The number of rotatable bonds is 6. The normalized spacial score (nSPS) is 9.07. The van der Waals surface area contributed by atoms with Crippen LogP contribution in [0.25, 0.3) is 0 Å². The van der Waals surface area contributed by atoms with Crippen LogP contribution in [0, 0.1) is 0 Å². The van der Waals surface area contributed by atoms with E-state index in [2.05, 4.69) is 0 Å². The Balaban J connectivity index is 0. The summed E-state index contributed by atoms with van der Waals surface area (Å²) in [5.74, 6) is -8.54. The third kappa shape index (κ3) is 11.3. The first kappa shape index (κ1) is 38.1. The Morgan fingerprint density at radius 1 is 0.390 bits per heavy atom. The van der Waals surface area contributed by atoms with Crippen molar-refractivity contribution in [2.24, 2.45) is 0 Å². The van der Waals surface area contributed by atoms with Crippen molar-refractivity contribution in [3.63, 3.8) is 0 Å². The van der Waals surface area contributed by atoms with Crippen molar-refractivity contribution >= 4 is 87.6 Å². The van der Waals surface area contributed by atoms with Crippen LogP contribution in [0.1, 0.15) is 62.1 Å². The molecule has 0 aliphatic heterocycles. The summed E-state index contributed by atoms with van der Waals surface area (Å²) in [4.78, 5) is 62.0. The monoisotopic (exact) mass is 591 g/mol. The van der Waals surface area contributed by atoms with E-state index in [-0.39, 0.29) is 85.2 Å². The molecule has 0 aliphatic rings. The summed E-state index contributed by atoms with van der Waals surface area (Å²) in [7, 11) is 0. The van der Waals surface area contributed by atoms with Gasteiger partial charge in [0.2, 0.25) is 0 Å². The van der Waals surface area contributed by atoms with Crippen molar-refractivity contribution in [2.45, 2.75) is 0 Å². The largest absolute Gasteiger partial charge is 3.00 e. The molecule has 0 radical (unpaired) electrons. The van der Waals surface area contributed by atoms with Gasteiger partial charge in [0, 0.05) is 33.8 Å². The smallest absolute Gasteiger partial charge is 0.545 e. The summed E-state index contributed by atoms with van der Waals surface area (Å²) < 4.78 is 0. The number of carbonyl (C=O) groups is 6. The summed E-state index contributed by atoms with van der Waals surface area (Å²) in [5.41, 5.74) is 14.1. The summed E-state index contributed by atoms with van der Waals surface area (Å²) in [5, 5.41) is 62.0. The van der Waals surface area contributed by atoms with E-state index in [0.29, 0.717) is 0 Å². The fraction of sp³-hybridized carbons (Fsp3) is 0. The predicted octanol–water partition coefficient (Wildman–Crippen LogP) is -6.77. The molecule has 0 aliphatic carbocycles. The molecule has 0 heterocycles. The maximum absolute atomic E-state index is 10.3. The van der Waals surface area contributed by atoms with E-state index in [1.54, 1.807) is 0 Å². The van der Waals surface area contributed by atoms with Gasteiger partial charge in [-0.15, -0.1) is 0 Å². The maximum atomic E-state index is 10.3. The van der Waals surface area contributed by atoms with Crippen molar-refractivity contribution < 1.29 is 59.4 Å². The zero-order valence-electron chi connectivity index (χ0n) is 20.5. The first-order chi connectivity index (χ1) is 18.1. The van der Waals surface area contributed by atoms with Gasteiger partial charge in [-0.2, -0.15) is 0 Å². The Morgan fingerprint density at radius 2 is 0.585 bits per heavy atom. The van der Waals surface area contributed by atoms with Gasteiger partial charge in [-0.05, 0) is 34.9 Å². The van der Waals surface area contributed by atoms with E-state index >= 15 is 0 Å². The van der Waals surface area contributed by atoms with Crippen LogP contribution in [0.15, 0.2) is 54.6 Å². The Kier molecular flexibility index (Phi) is 15.6. The average molecular weight is 591 g/mol. The van der Waals surface area contributed by atoms with E-state index < -0.39 is 35.8 Å². The van der Waals surface area contributed by atoms with E-state index in [0.717, 1.165) is 54.6 Å². The van der Waals surface area contributed by atoms with Crippen molar-refractivity contribution in [1.29, 1.82) is 0 Å². The molecule has 3 aromatic carbocycles. The van der Waals surface area contributed by atoms with Gasteiger partial charge in [0.15, 0.2) is 0 Å². The molecule has 17 heteroatoms. The molecule has 6 N–H and O–H groups in total. The minimum absolute atomic E-state index is 0. The Morgan fingerprint density at radius 3 is 0.707 bits per heavy atom. The molecular weight excluding hydrogens is 576 g/mol. The van der Waals surface area contributed by atoms with Gasteiger partial charge in [0.05, 0.1) is 35.8 Å². The van der Waals surface area contributed by atoms with Crippen LogP contribution in [0.3, 0.4) is 0 Å². The molecule has 0 unspecified atom stereocenters. The van der Waals surface area contributed by atoms with Crippen LogP contribution in [0.4, 0.5) is 17.1 Å². The van der Waals surface area contributed by atoms with Crippen LogP contribution in [-0.2, 0) is 0 Å². The minimum atomic E-state index is -1.44. The Bertz CT molecular complexity index is 1300. The SMILES string of the molecule is Nc1cc(C(=O)[O-])ccc1C(=O)[O-].Nc1cc(C(=O)[O-])ccc1C(=O)[O-].Nc1cc(C(=O)[O-])ccc1C(=O)[O-].[Al+3].[Al+3]. The van der Waals surface area contributed by atoms with Crippen molar-refractivity contribution in [2.75, 3.05) is 17.2 Å². The fourth-order valence-electron chi connectivity index (χ4n) is 2.63. The fourth-order valence-corrected chi connectivity index (χ4v) is 2.63. The summed E-state index contributed by atoms with van der Waals surface area (Å²) >= 11 is 0. The number of aromatic carboxylic acids is 6. The number of carboxylic acids is 6. The number of hydrogen-bond donors (Lipinski definition) is 3. The number of hydrogen-bond acceptors (Lipinski definition) is 15. The van der Waals surface area contributed by atoms with Gasteiger partial charge in [0.25, 0.3) is 0 Å². The first-order valence-corrected chi connectivity index (χ1v) is 10.0. The second-order valence-corrected chi connectivity index (χ2v) is 7.13. The third-order valence-corrected chi connectivity index (χ3v) is 4.52. The number of carboxylic acid groups (broad SMARTS) is 6. The van der Waals surface area contributed by atoms with Gasteiger partial charge in [-0.1, -0.05) is 36.4 Å². The minimum Gasteiger partial charge on any atom is -0.545 e. The van der Waals surface area contributed by atoms with Crippen LogP contribution < -0.4 is 47.8 Å². The van der Waals surface area contributed by atoms with Crippen LogP contribution in [-0.4, -0.2) is 70.5 Å². The Hall–Kier alpha value is -5.06. The number of nitrogen functional groups attached to an aromatic ring is 3. The maximum Gasteiger partial charge on any atom is 3.00 e. The van der Waals surface area contributed by atoms with Gasteiger partial charge in [-0.25, -0.2) is 0 Å². The molecule has 0 spiro atoms. The van der Waals surface area contributed by atoms with Crippen LogP contribution >= 0.6 is 0 Å². The van der Waals surface area contributed by atoms with Crippen LogP contribution in [0.5, 0.6) is 0 Å². The molecule has 0 fully saturated rings. The summed E-state index contributed by atoms with van der Waals surface area (Å²) in [6.07, 6.45) is 0. The molecule has 3 aromatic rings. The molecule has 0 saturated heterocycles. The van der Waals surface area contributed by atoms with Crippen molar-refractivity contribution in [3.8, 4) is 0 Å². The summed E-state index contributed by atoms with van der Waals surface area (Å²) in [6.45, 7) is 0. The average Bonchev–Trinajstić information content (AvgIpc) is 2.83. The molecule has 3 rings (SSSR count). The van der Waals surface area contributed by atoms with E-state index in [4.69, 9.17) is 17.2 Å². The number of anilines is 3. The van der Waals surface area contributed by atoms with Gasteiger partial charge in [-0.3, -0.25) is 0 Å². The van der Waals surface area contributed by atoms with E-state index in [9.17, 15) is 59.4 Å². The molecule has 204 valence electrons. The standard InChI is InChI=1S/3C8H7NO4.2Al/c3*9-6-3-4(7(10)11)1-2-5(6)8(12)13;;/h3*1-3H,9H2,(H,10,11)(H,12,13);;/q;;;2*+3/p-6. The Labute approximate surface area is 251 Å². The number of nitrogens with two attached hydrogens (primary N) is 3. The molecular formula is C24H15Al2N3O12. The summed E-state index contributed by atoms with van der Waals surface area (Å²) in [6, 6.07) is 9.52.